The number of halogens is 2. The third-order valence-corrected chi connectivity index (χ3v) is 5.89. The molecule has 0 unspecified atom stereocenters. The number of anilines is 2. The first-order chi connectivity index (χ1) is 15.0. The van der Waals surface area contributed by atoms with Crippen molar-refractivity contribution < 1.29 is 18.3 Å². The number of aliphatic hydroxyl groups is 1. The average molecular weight is 446 g/mol. The van der Waals surface area contributed by atoms with Crippen LogP contribution in [-0.2, 0) is 5.41 Å². The van der Waals surface area contributed by atoms with E-state index >= 15 is 0 Å². The van der Waals surface area contributed by atoms with Crippen LogP contribution < -0.4 is 10.6 Å². The Hall–Kier alpha value is -2.81. The number of alkyl halides is 2. The predicted molar refractivity (Wildman–Crippen MR) is 120 cm³/mol. The number of pyridine rings is 1. The smallest absolute Gasteiger partial charge is 0.316 e. The van der Waals surface area contributed by atoms with Gasteiger partial charge in [-0.25, -0.2) is 13.8 Å². The standard InChI is InChI=1S/C23H29F2N5O2/c1-6-26-13-8-15-12(2)7-17(28-18(15)16(9-13)22(3,4)5)19-29-30-21(32-19)27-14-10-23(31,11-14)20(24)25/h7-9,14,20,26,31H,6,10-11H2,1-5H3,(H,27,30). The maximum Gasteiger partial charge on any atom is 0.316 e. The lowest BCUT2D eigenvalue weighted by molar-refractivity contribution is -0.148. The van der Waals surface area contributed by atoms with Gasteiger partial charge in [0.25, 0.3) is 12.3 Å². The SMILES string of the molecule is CCNc1cc(C(C)(C)C)c2nc(-c3nnc(NC4CC(O)(C(F)F)C4)o3)cc(C)c2c1. The van der Waals surface area contributed by atoms with E-state index in [4.69, 9.17) is 9.40 Å². The Kier molecular flexibility index (Phi) is 5.56. The number of benzene rings is 1. The molecule has 1 aliphatic carbocycles. The summed E-state index contributed by atoms with van der Waals surface area (Å²) in [5.74, 6) is 0.247. The maximum absolute atomic E-state index is 12.8. The van der Waals surface area contributed by atoms with Gasteiger partial charge in [0.15, 0.2) is 0 Å². The van der Waals surface area contributed by atoms with Crippen LogP contribution in [0.25, 0.3) is 22.5 Å². The minimum absolute atomic E-state index is 0.0707. The van der Waals surface area contributed by atoms with Crippen LogP contribution in [0, 0.1) is 6.92 Å². The van der Waals surface area contributed by atoms with Gasteiger partial charge in [0, 0.05) is 36.5 Å². The highest BCUT2D eigenvalue weighted by Crippen LogP contribution is 2.39. The third kappa shape index (κ3) is 4.13. The number of nitrogens with one attached hydrogen (secondary N) is 2. The average Bonchev–Trinajstić information content (AvgIpc) is 3.14. The van der Waals surface area contributed by atoms with Gasteiger partial charge >= 0.3 is 6.01 Å². The molecule has 0 spiro atoms. The van der Waals surface area contributed by atoms with Gasteiger partial charge in [-0.3, -0.25) is 0 Å². The Labute approximate surface area is 185 Å². The fourth-order valence-corrected chi connectivity index (χ4v) is 4.11. The molecule has 1 saturated carbocycles. The molecule has 3 N–H and O–H groups in total. The fraction of sp³-hybridized carbons (Fsp3) is 0.522. The molecular formula is C23H29F2N5O2. The highest BCUT2D eigenvalue weighted by molar-refractivity contribution is 5.90. The third-order valence-electron chi connectivity index (χ3n) is 5.89. The molecule has 172 valence electrons. The van der Waals surface area contributed by atoms with Crippen LogP contribution in [-0.4, -0.2) is 44.9 Å². The Balaban J connectivity index is 1.65. The van der Waals surface area contributed by atoms with Gasteiger partial charge in [-0.2, -0.15) is 0 Å². The van der Waals surface area contributed by atoms with Crippen molar-refractivity contribution >= 4 is 22.6 Å². The van der Waals surface area contributed by atoms with Crippen LogP contribution in [0.2, 0.25) is 0 Å². The molecule has 0 aliphatic heterocycles. The van der Waals surface area contributed by atoms with Crippen molar-refractivity contribution in [2.24, 2.45) is 0 Å². The zero-order valence-corrected chi connectivity index (χ0v) is 19.0. The number of hydrogen-bond donors (Lipinski definition) is 3. The van der Waals surface area contributed by atoms with Crippen molar-refractivity contribution in [3.05, 3.63) is 29.3 Å². The first-order valence-corrected chi connectivity index (χ1v) is 10.8. The van der Waals surface area contributed by atoms with Crippen LogP contribution in [0.15, 0.2) is 22.6 Å². The molecular weight excluding hydrogens is 416 g/mol. The van der Waals surface area contributed by atoms with E-state index in [1.165, 1.54) is 0 Å². The van der Waals surface area contributed by atoms with Crippen LogP contribution >= 0.6 is 0 Å². The van der Waals surface area contributed by atoms with Gasteiger partial charge in [0.05, 0.1) is 5.52 Å². The molecule has 9 heteroatoms. The van der Waals surface area contributed by atoms with E-state index in [0.717, 1.165) is 34.3 Å². The van der Waals surface area contributed by atoms with Crippen LogP contribution in [0.3, 0.4) is 0 Å². The highest BCUT2D eigenvalue weighted by atomic mass is 19.3. The van der Waals surface area contributed by atoms with Gasteiger partial charge in [-0.05, 0) is 48.6 Å². The summed E-state index contributed by atoms with van der Waals surface area (Å²) in [7, 11) is 0. The lowest BCUT2D eigenvalue weighted by atomic mass is 9.76. The second kappa shape index (κ2) is 7.95. The molecule has 0 amide bonds. The Morgan fingerprint density at radius 2 is 1.94 bits per heavy atom. The molecule has 0 bridgehead atoms. The lowest BCUT2D eigenvalue weighted by Gasteiger charge is -2.42. The molecule has 2 heterocycles. The molecule has 0 saturated heterocycles. The zero-order valence-electron chi connectivity index (χ0n) is 19.0. The second-order valence-corrected chi connectivity index (χ2v) is 9.59. The van der Waals surface area contributed by atoms with E-state index < -0.39 is 12.0 Å². The van der Waals surface area contributed by atoms with Gasteiger partial charge in [-0.1, -0.05) is 25.9 Å². The summed E-state index contributed by atoms with van der Waals surface area (Å²) in [6.45, 7) is 11.4. The summed E-state index contributed by atoms with van der Waals surface area (Å²) >= 11 is 0. The van der Waals surface area contributed by atoms with Gasteiger partial charge < -0.3 is 20.2 Å². The van der Waals surface area contributed by atoms with Crippen molar-refractivity contribution in [3.8, 4) is 11.6 Å². The van der Waals surface area contributed by atoms with Crippen LogP contribution in [0.5, 0.6) is 0 Å². The summed E-state index contributed by atoms with van der Waals surface area (Å²) < 4.78 is 31.3. The van der Waals surface area contributed by atoms with E-state index in [0.29, 0.717) is 5.69 Å². The summed E-state index contributed by atoms with van der Waals surface area (Å²) in [5.41, 5.74) is 2.55. The van der Waals surface area contributed by atoms with Gasteiger partial charge in [-0.15, -0.1) is 5.10 Å². The Bertz CT molecular complexity index is 1130. The normalized spacial score (nSPS) is 21.1. The molecule has 7 nitrogen and oxygen atoms in total. The van der Waals surface area contributed by atoms with Crippen molar-refractivity contribution in [3.63, 3.8) is 0 Å². The monoisotopic (exact) mass is 445 g/mol. The number of nitrogens with zero attached hydrogens (tertiary/aromatic N) is 3. The molecule has 1 aliphatic rings. The van der Waals surface area contributed by atoms with E-state index in [2.05, 4.69) is 60.7 Å². The predicted octanol–water partition coefficient (Wildman–Crippen LogP) is 4.89. The first kappa shape index (κ1) is 22.4. The largest absolute Gasteiger partial charge is 0.402 e. The van der Waals surface area contributed by atoms with E-state index in [9.17, 15) is 13.9 Å². The van der Waals surface area contributed by atoms with Crippen LogP contribution in [0.1, 0.15) is 51.7 Å². The molecule has 1 fully saturated rings. The minimum Gasteiger partial charge on any atom is -0.402 e. The number of aryl methyl sites for hydroxylation is 1. The Morgan fingerprint density at radius 1 is 1.22 bits per heavy atom. The highest BCUT2D eigenvalue weighted by Gasteiger charge is 2.50. The molecule has 1 aromatic carbocycles. The molecule has 2 aromatic heterocycles. The van der Waals surface area contributed by atoms with E-state index in [-0.39, 0.29) is 36.2 Å². The summed E-state index contributed by atoms with van der Waals surface area (Å²) in [6.07, 6.45) is -2.91. The Morgan fingerprint density at radius 3 is 2.56 bits per heavy atom. The summed E-state index contributed by atoms with van der Waals surface area (Å²) in [4.78, 5) is 4.86. The molecule has 3 aromatic rings. The lowest BCUT2D eigenvalue weighted by Crippen LogP contribution is -2.55. The van der Waals surface area contributed by atoms with Gasteiger partial charge in [0.1, 0.15) is 11.3 Å². The van der Waals surface area contributed by atoms with E-state index in [1.807, 2.05) is 13.0 Å². The quantitative estimate of drug-likeness (QED) is 0.497. The number of rotatable bonds is 6. The molecule has 4 rings (SSSR count). The van der Waals surface area contributed by atoms with Crippen molar-refractivity contribution in [1.82, 2.24) is 15.2 Å². The van der Waals surface area contributed by atoms with Crippen molar-refractivity contribution in [1.29, 1.82) is 0 Å². The van der Waals surface area contributed by atoms with Crippen LogP contribution in [0.4, 0.5) is 20.5 Å². The van der Waals surface area contributed by atoms with Gasteiger partial charge in [0.2, 0.25) is 0 Å². The molecule has 0 atom stereocenters. The topological polar surface area (TPSA) is 96.1 Å². The van der Waals surface area contributed by atoms with Crippen molar-refractivity contribution in [2.75, 3.05) is 17.2 Å². The van der Waals surface area contributed by atoms with E-state index in [1.54, 1.807) is 0 Å². The first-order valence-electron chi connectivity index (χ1n) is 10.8. The fourth-order valence-electron chi connectivity index (χ4n) is 4.11. The number of hydrogen-bond acceptors (Lipinski definition) is 7. The number of aromatic nitrogens is 3. The summed E-state index contributed by atoms with van der Waals surface area (Å²) in [6, 6.07) is 5.91. The van der Waals surface area contributed by atoms with Crippen molar-refractivity contribution in [2.45, 2.75) is 70.9 Å². The second-order valence-electron chi connectivity index (χ2n) is 9.59. The zero-order chi connectivity index (χ0) is 23.3. The minimum atomic E-state index is -2.77. The molecule has 0 radical (unpaired) electrons. The maximum atomic E-state index is 12.8. The number of fused-ring (bicyclic) bond motifs is 1. The summed E-state index contributed by atoms with van der Waals surface area (Å²) in [5, 5.41) is 25.2. The molecule has 32 heavy (non-hydrogen) atoms.